The first kappa shape index (κ1) is 16.8. The van der Waals surface area contributed by atoms with Crippen LogP contribution in [0.3, 0.4) is 0 Å². The summed E-state index contributed by atoms with van der Waals surface area (Å²) in [7, 11) is 1.37. The van der Waals surface area contributed by atoms with Gasteiger partial charge in [0.05, 0.1) is 20.3 Å². The van der Waals surface area contributed by atoms with Gasteiger partial charge in [-0.1, -0.05) is 13.8 Å². The summed E-state index contributed by atoms with van der Waals surface area (Å²) in [6.45, 7) is 9.48. The van der Waals surface area contributed by atoms with Gasteiger partial charge in [-0.3, -0.25) is 0 Å². The molecule has 1 heterocycles. The Morgan fingerprint density at radius 2 is 2.00 bits per heavy atom. The third-order valence-corrected chi connectivity index (χ3v) is 3.96. The van der Waals surface area contributed by atoms with Crippen LogP contribution in [0.1, 0.15) is 34.1 Å². The molecule has 1 aliphatic carbocycles. The Bertz CT molecular complexity index is 580. The molecule has 4 nitrogen and oxygen atoms in total. The first-order valence-corrected chi connectivity index (χ1v) is 7.49. The maximum absolute atomic E-state index is 11.2. The number of carbonyl (C=O) groups excluding carboxylic acids is 1. The fourth-order valence-electron chi connectivity index (χ4n) is 3.13. The molecule has 1 aliphatic heterocycles. The monoisotopic (exact) mass is 304 g/mol. The van der Waals surface area contributed by atoms with Gasteiger partial charge in [0.15, 0.2) is 5.79 Å². The quantitative estimate of drug-likeness (QED) is 0.340. The molecular formula is C18H24O4. The average Bonchev–Trinajstić information content (AvgIpc) is 2.84. The molecular weight excluding hydrogens is 280 g/mol. The van der Waals surface area contributed by atoms with Crippen molar-refractivity contribution in [2.45, 2.75) is 39.9 Å². The van der Waals surface area contributed by atoms with Crippen molar-refractivity contribution >= 4 is 5.97 Å². The molecule has 0 bridgehead atoms. The summed E-state index contributed by atoms with van der Waals surface area (Å²) in [6.07, 6.45) is 6.07. The highest BCUT2D eigenvalue weighted by atomic mass is 16.7. The van der Waals surface area contributed by atoms with E-state index in [0.717, 1.165) is 23.1 Å². The predicted octanol–water partition coefficient (Wildman–Crippen LogP) is 3.31. The highest BCUT2D eigenvalue weighted by molar-refractivity contribution is 5.83. The van der Waals surface area contributed by atoms with Crippen LogP contribution in [-0.2, 0) is 19.0 Å². The van der Waals surface area contributed by atoms with E-state index in [-0.39, 0.29) is 11.4 Å². The lowest BCUT2D eigenvalue weighted by atomic mass is 9.71. The highest BCUT2D eigenvalue weighted by Gasteiger charge is 2.45. The number of hydrogen-bond acceptors (Lipinski definition) is 4. The van der Waals surface area contributed by atoms with Crippen molar-refractivity contribution in [1.29, 1.82) is 0 Å². The Morgan fingerprint density at radius 1 is 1.36 bits per heavy atom. The number of methoxy groups -OCH3 is 1. The summed E-state index contributed by atoms with van der Waals surface area (Å²) in [5, 5.41) is 0. The van der Waals surface area contributed by atoms with Crippen molar-refractivity contribution < 1.29 is 19.0 Å². The van der Waals surface area contributed by atoms with Crippen molar-refractivity contribution in [3.8, 4) is 0 Å². The van der Waals surface area contributed by atoms with Crippen LogP contribution >= 0.6 is 0 Å². The molecule has 1 fully saturated rings. The highest BCUT2D eigenvalue weighted by Crippen LogP contribution is 2.47. The number of rotatable bonds is 2. The SMILES string of the molecule is COC(=O)/C=C(/C)C=C=C1C(C)=CC2(CC1(C)C)OCCO2. The van der Waals surface area contributed by atoms with Gasteiger partial charge >= 0.3 is 5.97 Å². The van der Waals surface area contributed by atoms with E-state index in [0.29, 0.717) is 13.2 Å². The van der Waals surface area contributed by atoms with Gasteiger partial charge < -0.3 is 14.2 Å². The Labute approximate surface area is 132 Å². The maximum atomic E-state index is 11.2. The molecule has 0 aromatic heterocycles. The van der Waals surface area contributed by atoms with Crippen molar-refractivity contribution in [2.24, 2.45) is 5.41 Å². The van der Waals surface area contributed by atoms with Gasteiger partial charge in [-0.05, 0) is 37.1 Å². The first-order chi connectivity index (χ1) is 10.3. The largest absolute Gasteiger partial charge is 0.466 e. The second-order valence-electron chi connectivity index (χ2n) is 6.47. The zero-order chi connectivity index (χ0) is 16.4. The molecule has 2 aliphatic rings. The van der Waals surface area contributed by atoms with E-state index in [1.165, 1.54) is 13.2 Å². The molecule has 0 amide bonds. The third kappa shape index (κ3) is 3.58. The first-order valence-electron chi connectivity index (χ1n) is 7.49. The van der Waals surface area contributed by atoms with Crippen LogP contribution in [-0.4, -0.2) is 32.1 Å². The molecule has 1 spiro atoms. The van der Waals surface area contributed by atoms with E-state index < -0.39 is 5.79 Å². The molecule has 0 aromatic rings. The number of ether oxygens (including phenoxy) is 3. The molecule has 4 heteroatoms. The van der Waals surface area contributed by atoms with E-state index in [4.69, 9.17) is 9.47 Å². The summed E-state index contributed by atoms with van der Waals surface area (Å²) in [5.41, 5.74) is 6.22. The molecule has 0 unspecified atom stereocenters. The normalized spacial score (nSPS) is 23.0. The molecule has 0 N–H and O–H groups in total. The van der Waals surface area contributed by atoms with Gasteiger partial charge in [0, 0.05) is 23.5 Å². The Hall–Kier alpha value is -1.61. The van der Waals surface area contributed by atoms with Crippen LogP contribution in [0, 0.1) is 5.41 Å². The van der Waals surface area contributed by atoms with Gasteiger partial charge in [-0.25, -0.2) is 4.79 Å². The van der Waals surface area contributed by atoms with Crippen LogP contribution < -0.4 is 0 Å². The minimum Gasteiger partial charge on any atom is -0.466 e. The fourth-order valence-corrected chi connectivity index (χ4v) is 3.13. The van der Waals surface area contributed by atoms with Crippen LogP contribution in [0.5, 0.6) is 0 Å². The molecule has 0 aromatic carbocycles. The minimum atomic E-state index is -0.588. The molecule has 1 saturated heterocycles. The lowest BCUT2D eigenvalue weighted by Gasteiger charge is -2.40. The lowest BCUT2D eigenvalue weighted by molar-refractivity contribution is -0.139. The zero-order valence-electron chi connectivity index (χ0n) is 14.0. The van der Waals surface area contributed by atoms with E-state index in [1.807, 2.05) is 26.0 Å². The van der Waals surface area contributed by atoms with Gasteiger partial charge in [-0.2, -0.15) is 0 Å². The van der Waals surface area contributed by atoms with Crippen molar-refractivity contribution in [3.05, 3.63) is 40.7 Å². The Kier molecular flexibility index (Phi) is 4.76. The van der Waals surface area contributed by atoms with Crippen LogP contribution in [0.2, 0.25) is 0 Å². The number of allylic oxidation sites excluding steroid dienone is 3. The predicted molar refractivity (Wildman–Crippen MR) is 84.2 cm³/mol. The van der Waals surface area contributed by atoms with E-state index in [9.17, 15) is 4.79 Å². The molecule has 120 valence electrons. The number of esters is 1. The standard InChI is InChI=1S/C18H24O4/c1-13(10-16(19)20-5)6-7-15-14(2)11-18(12-17(15,3)4)21-8-9-22-18/h6,10-11H,8-9,12H2,1-5H3/b13-10-. The molecule has 0 saturated carbocycles. The van der Waals surface area contributed by atoms with Crippen molar-refractivity contribution in [3.63, 3.8) is 0 Å². The van der Waals surface area contributed by atoms with E-state index in [2.05, 4.69) is 24.3 Å². The Balaban J connectivity index is 2.36. The second-order valence-corrected chi connectivity index (χ2v) is 6.47. The van der Waals surface area contributed by atoms with Crippen LogP contribution in [0.15, 0.2) is 40.7 Å². The topological polar surface area (TPSA) is 44.8 Å². The fraction of sp³-hybridized carbons (Fsp3) is 0.556. The molecule has 2 rings (SSSR count). The van der Waals surface area contributed by atoms with E-state index >= 15 is 0 Å². The van der Waals surface area contributed by atoms with Crippen molar-refractivity contribution in [2.75, 3.05) is 20.3 Å². The Morgan fingerprint density at radius 3 is 2.55 bits per heavy atom. The maximum Gasteiger partial charge on any atom is 0.330 e. The van der Waals surface area contributed by atoms with Gasteiger partial charge in [0.2, 0.25) is 0 Å². The summed E-state index contributed by atoms with van der Waals surface area (Å²) in [5.74, 6) is -0.946. The van der Waals surface area contributed by atoms with Gasteiger partial charge in [-0.15, -0.1) is 5.73 Å². The van der Waals surface area contributed by atoms with Gasteiger partial charge in [0.1, 0.15) is 0 Å². The minimum absolute atomic E-state index is 0.120. The molecule has 0 atom stereocenters. The second kappa shape index (κ2) is 6.25. The number of hydrogen-bond donors (Lipinski definition) is 0. The third-order valence-electron chi connectivity index (χ3n) is 3.96. The lowest BCUT2D eigenvalue weighted by Crippen LogP contribution is -2.39. The molecule has 22 heavy (non-hydrogen) atoms. The van der Waals surface area contributed by atoms with Crippen LogP contribution in [0.4, 0.5) is 0 Å². The summed E-state index contributed by atoms with van der Waals surface area (Å²) < 4.78 is 16.2. The molecule has 0 radical (unpaired) electrons. The van der Waals surface area contributed by atoms with Crippen LogP contribution in [0.25, 0.3) is 0 Å². The summed E-state index contributed by atoms with van der Waals surface area (Å²) in [6, 6.07) is 0. The van der Waals surface area contributed by atoms with Crippen molar-refractivity contribution in [1.82, 2.24) is 0 Å². The van der Waals surface area contributed by atoms with E-state index in [1.54, 1.807) is 0 Å². The zero-order valence-corrected chi connectivity index (χ0v) is 14.0. The number of carbonyl (C=O) groups is 1. The smallest absolute Gasteiger partial charge is 0.330 e. The summed E-state index contributed by atoms with van der Waals surface area (Å²) >= 11 is 0. The summed E-state index contributed by atoms with van der Waals surface area (Å²) in [4.78, 5) is 11.2. The average molecular weight is 304 g/mol. The van der Waals surface area contributed by atoms with Gasteiger partial charge in [0.25, 0.3) is 0 Å².